The number of hydrogen-bond acceptors (Lipinski definition) is 3. The summed E-state index contributed by atoms with van der Waals surface area (Å²) in [6, 6.07) is 10.1. The van der Waals surface area contributed by atoms with Gasteiger partial charge in [0.15, 0.2) is 0 Å². The average Bonchev–Trinajstić information content (AvgIpc) is 3.30. The van der Waals surface area contributed by atoms with Crippen LogP contribution in [0.3, 0.4) is 0 Å². The van der Waals surface area contributed by atoms with Gasteiger partial charge in [-0.3, -0.25) is 9.89 Å². The van der Waals surface area contributed by atoms with Crippen LogP contribution >= 0.6 is 35.3 Å². The normalized spacial score (nSPS) is 16.4. The number of amides is 2. The van der Waals surface area contributed by atoms with Crippen LogP contribution in [0, 0.1) is 0 Å². The summed E-state index contributed by atoms with van der Waals surface area (Å²) in [5, 5.41) is 1.70. The molecule has 0 bridgehead atoms. The molecule has 4 rings (SSSR count). The van der Waals surface area contributed by atoms with Crippen LogP contribution < -0.4 is 4.90 Å². The summed E-state index contributed by atoms with van der Waals surface area (Å²) in [5.74, 6) is 0. The first-order chi connectivity index (χ1) is 12.7. The van der Waals surface area contributed by atoms with E-state index < -0.39 is 0 Å². The van der Waals surface area contributed by atoms with Gasteiger partial charge in [-0.1, -0.05) is 36.7 Å². The lowest BCUT2D eigenvalue weighted by Gasteiger charge is -2.26. The Morgan fingerprint density at radius 1 is 1.19 bits per heavy atom. The lowest BCUT2D eigenvalue weighted by Crippen LogP contribution is -2.42. The minimum Gasteiger partial charge on any atom is -0.324 e. The number of hydrogen-bond donors (Lipinski definition) is 0. The van der Waals surface area contributed by atoms with Crippen LogP contribution in [-0.2, 0) is 6.42 Å². The molecule has 1 aromatic heterocycles. The van der Waals surface area contributed by atoms with Gasteiger partial charge in [0.25, 0.3) is 0 Å². The van der Waals surface area contributed by atoms with Gasteiger partial charge in [0.2, 0.25) is 0 Å². The van der Waals surface area contributed by atoms with Crippen LogP contribution in [0.15, 0.2) is 35.3 Å². The molecule has 1 saturated heterocycles. The Bertz CT molecular complexity index is 859. The number of carbonyl (C=O) groups is 1. The molecule has 0 saturated carbocycles. The van der Waals surface area contributed by atoms with Crippen LogP contribution in [0.4, 0.5) is 9.80 Å². The van der Waals surface area contributed by atoms with Crippen molar-refractivity contribution in [2.75, 3.05) is 31.1 Å². The molecule has 0 N–H and O–H groups in total. The van der Waals surface area contributed by atoms with Gasteiger partial charge in [0, 0.05) is 40.7 Å². The zero-order valence-electron chi connectivity index (χ0n) is 15.3. The highest BCUT2D eigenvalue weighted by molar-refractivity contribution is 7.16. The van der Waals surface area contributed by atoms with E-state index in [9.17, 15) is 4.79 Å². The average molecular weight is 424 g/mol. The third-order valence-electron chi connectivity index (χ3n) is 4.94. The third-order valence-corrected chi connectivity index (χ3v) is 6.57. The number of likely N-dealkylation sites (tertiary alicyclic amines) is 1. The number of urea groups is 1. The number of fused-ring (bicyclic) bond motifs is 1. The van der Waals surface area contributed by atoms with Crippen LogP contribution in [0.5, 0.6) is 0 Å². The van der Waals surface area contributed by atoms with Gasteiger partial charge in [-0.15, -0.1) is 23.7 Å². The summed E-state index contributed by atoms with van der Waals surface area (Å²) in [7, 11) is 0. The van der Waals surface area contributed by atoms with E-state index in [4.69, 9.17) is 16.6 Å². The van der Waals surface area contributed by atoms with Crippen molar-refractivity contribution in [2.45, 2.75) is 26.2 Å². The van der Waals surface area contributed by atoms with E-state index >= 15 is 0 Å². The molecule has 1 aromatic carbocycles. The van der Waals surface area contributed by atoms with Gasteiger partial charge >= 0.3 is 6.03 Å². The highest BCUT2D eigenvalue weighted by Gasteiger charge is 2.31. The molecule has 4 nitrogen and oxygen atoms in total. The van der Waals surface area contributed by atoms with Gasteiger partial charge in [-0.2, -0.15) is 0 Å². The monoisotopic (exact) mass is 423 g/mol. The summed E-state index contributed by atoms with van der Waals surface area (Å²) in [6.07, 6.45) is 3.14. The SMILES string of the molecule is CCc1cc2c(s1)N(C(=O)N1CCCC1)CCN=C2c1ccccc1Cl.Cl. The van der Waals surface area contributed by atoms with Crippen molar-refractivity contribution >= 4 is 52.1 Å². The van der Waals surface area contributed by atoms with E-state index in [2.05, 4.69) is 13.0 Å². The molecular formula is C20H23Cl2N3OS. The van der Waals surface area contributed by atoms with Crippen molar-refractivity contribution in [1.29, 1.82) is 0 Å². The smallest absolute Gasteiger partial charge is 0.324 e. The summed E-state index contributed by atoms with van der Waals surface area (Å²) in [5.41, 5.74) is 2.87. The highest BCUT2D eigenvalue weighted by atomic mass is 35.5. The lowest BCUT2D eigenvalue weighted by molar-refractivity contribution is 0.216. The van der Waals surface area contributed by atoms with Gasteiger partial charge in [-0.05, 0) is 31.4 Å². The minimum absolute atomic E-state index is 0. The molecule has 0 aliphatic carbocycles. The molecule has 2 aliphatic rings. The Hall–Kier alpha value is -1.56. The standard InChI is InChI=1S/C20H22ClN3OS.ClH/c1-2-14-13-16-18(15-7-3-4-8-17(15)21)22-9-12-24(19(16)26-14)20(25)23-10-5-6-11-23;/h3-4,7-8,13H,2,5-6,9-12H2,1H3;1H. The number of benzene rings is 1. The molecule has 7 heteroatoms. The topological polar surface area (TPSA) is 35.9 Å². The van der Waals surface area contributed by atoms with Crippen LogP contribution in [0.2, 0.25) is 5.02 Å². The molecule has 0 spiro atoms. The molecular weight excluding hydrogens is 401 g/mol. The van der Waals surface area contributed by atoms with Crippen molar-refractivity contribution in [3.8, 4) is 0 Å². The fraction of sp³-hybridized carbons (Fsp3) is 0.400. The third kappa shape index (κ3) is 3.86. The predicted molar refractivity (Wildman–Crippen MR) is 116 cm³/mol. The molecule has 27 heavy (non-hydrogen) atoms. The van der Waals surface area contributed by atoms with Crippen LogP contribution in [0.1, 0.15) is 35.8 Å². The molecule has 2 aliphatic heterocycles. The quantitative estimate of drug-likeness (QED) is 0.648. The molecule has 0 radical (unpaired) electrons. The first-order valence-corrected chi connectivity index (χ1v) is 10.4. The number of nitrogens with zero attached hydrogens (tertiary/aromatic N) is 3. The maximum absolute atomic E-state index is 13.1. The summed E-state index contributed by atoms with van der Waals surface area (Å²) < 4.78 is 0. The molecule has 1 fully saturated rings. The number of aliphatic imine (C=N–C) groups is 1. The Labute approximate surface area is 175 Å². The predicted octanol–water partition coefficient (Wildman–Crippen LogP) is 5.26. The van der Waals surface area contributed by atoms with Crippen molar-refractivity contribution in [3.63, 3.8) is 0 Å². The number of aryl methyl sites for hydroxylation is 1. The van der Waals surface area contributed by atoms with Gasteiger partial charge in [0.1, 0.15) is 5.00 Å². The first kappa shape index (κ1) is 20.2. The molecule has 3 heterocycles. The van der Waals surface area contributed by atoms with Crippen molar-refractivity contribution in [1.82, 2.24) is 4.90 Å². The Kier molecular flexibility index (Phi) is 6.45. The lowest BCUT2D eigenvalue weighted by atomic mass is 10.0. The zero-order chi connectivity index (χ0) is 18.1. The van der Waals surface area contributed by atoms with Crippen molar-refractivity contribution in [2.24, 2.45) is 4.99 Å². The van der Waals surface area contributed by atoms with Gasteiger partial charge in [-0.25, -0.2) is 4.79 Å². The van der Waals surface area contributed by atoms with Crippen molar-refractivity contribution < 1.29 is 4.79 Å². The minimum atomic E-state index is 0. The molecule has 0 unspecified atom stereocenters. The Morgan fingerprint density at radius 3 is 2.63 bits per heavy atom. The summed E-state index contributed by atoms with van der Waals surface area (Å²) in [6.45, 7) is 5.05. The largest absolute Gasteiger partial charge is 0.325 e. The molecule has 144 valence electrons. The number of anilines is 1. The second-order valence-corrected chi connectivity index (χ2v) is 8.15. The summed E-state index contributed by atoms with van der Waals surface area (Å²) >= 11 is 8.16. The maximum Gasteiger partial charge on any atom is 0.325 e. The Morgan fingerprint density at radius 2 is 1.93 bits per heavy atom. The highest BCUT2D eigenvalue weighted by Crippen LogP contribution is 2.37. The fourth-order valence-corrected chi connectivity index (χ4v) is 4.91. The number of halogens is 2. The molecule has 2 amide bonds. The van der Waals surface area contributed by atoms with E-state index in [-0.39, 0.29) is 18.4 Å². The van der Waals surface area contributed by atoms with Gasteiger partial charge < -0.3 is 4.90 Å². The number of rotatable bonds is 2. The van der Waals surface area contributed by atoms with E-state index in [0.717, 1.165) is 54.2 Å². The molecule has 2 aromatic rings. The van der Waals surface area contributed by atoms with Crippen molar-refractivity contribution in [3.05, 3.63) is 51.4 Å². The second-order valence-electron chi connectivity index (χ2n) is 6.62. The van der Waals surface area contributed by atoms with E-state index in [1.54, 1.807) is 11.3 Å². The van der Waals surface area contributed by atoms with Crippen LogP contribution in [0.25, 0.3) is 0 Å². The second kappa shape index (κ2) is 8.63. The summed E-state index contributed by atoms with van der Waals surface area (Å²) in [4.78, 5) is 23.1. The van der Waals surface area contributed by atoms with Crippen LogP contribution in [-0.4, -0.2) is 42.8 Å². The Balaban J connectivity index is 0.00000210. The van der Waals surface area contributed by atoms with E-state index in [1.165, 1.54) is 4.88 Å². The molecule has 0 atom stereocenters. The number of carbonyl (C=O) groups excluding carboxylic acids is 1. The van der Waals surface area contributed by atoms with E-state index in [0.29, 0.717) is 18.1 Å². The first-order valence-electron chi connectivity index (χ1n) is 9.18. The maximum atomic E-state index is 13.1. The van der Waals surface area contributed by atoms with Gasteiger partial charge in [0.05, 0.1) is 12.3 Å². The zero-order valence-corrected chi connectivity index (χ0v) is 17.7. The van der Waals surface area contributed by atoms with E-state index in [1.807, 2.05) is 34.1 Å². The fourth-order valence-electron chi connectivity index (χ4n) is 3.57. The number of thiophene rings is 1.